The van der Waals surface area contributed by atoms with E-state index in [1.807, 2.05) is 0 Å². The van der Waals surface area contributed by atoms with E-state index in [0.717, 1.165) is 109 Å². The lowest BCUT2D eigenvalue weighted by Gasteiger charge is -2.18. The summed E-state index contributed by atoms with van der Waals surface area (Å²) in [5, 5.41) is 0. The van der Waals surface area contributed by atoms with Crippen molar-refractivity contribution in [3.63, 3.8) is 0 Å². The molecule has 0 fully saturated rings. The molecule has 0 bridgehead atoms. The molecular formula is C70H122O6. The van der Waals surface area contributed by atoms with Crippen molar-refractivity contribution in [2.45, 2.75) is 329 Å². The standard InChI is InChI=1S/C70H122O6/c1-4-7-10-13-16-19-22-25-27-29-30-31-32-33-34-35-36-37-38-39-40-41-43-45-48-51-54-57-60-63-69(72)75-66-67(65-74-68(71)62-59-56-53-50-47-44-24-21-18-15-12-9-6-3)76-70(73)64-61-58-55-52-49-46-42-28-26-23-20-17-14-11-8-5-2/h7,10,16,19,25,27-28,30-31,33-34,36-37,42,67H,4-6,8-9,11-15,17-18,20-24,26,29,32,35,38-41,43-66H2,1-3H3/b10-7-,19-16-,27-25-,31-30-,34-33-,37-36-,42-28-. The van der Waals surface area contributed by atoms with Crippen LogP contribution in [0, 0.1) is 0 Å². The lowest BCUT2D eigenvalue weighted by Crippen LogP contribution is -2.30. The Morgan fingerprint density at radius 3 is 0.816 bits per heavy atom. The van der Waals surface area contributed by atoms with Gasteiger partial charge in [0.1, 0.15) is 13.2 Å². The molecule has 0 radical (unpaired) electrons. The predicted molar refractivity (Wildman–Crippen MR) is 330 cm³/mol. The first kappa shape index (κ1) is 72.6. The zero-order valence-corrected chi connectivity index (χ0v) is 50.3. The molecule has 0 N–H and O–H groups in total. The fraction of sp³-hybridized carbons (Fsp3) is 0.757. The van der Waals surface area contributed by atoms with E-state index in [-0.39, 0.29) is 31.1 Å². The SMILES string of the molecule is CC/C=C\C/C=C\C/C=C\C/C=C\C/C=C\C/C=C\CCCCCCCCCCCCC(=O)OCC(COC(=O)CCCCCCCCCCCCCCC)OC(=O)CCCCCCC/C=C\CCCCCCCCC. The third-order valence-electron chi connectivity index (χ3n) is 14.1. The molecule has 1 atom stereocenters. The molecule has 0 heterocycles. The van der Waals surface area contributed by atoms with Gasteiger partial charge in [-0.1, -0.05) is 292 Å². The van der Waals surface area contributed by atoms with E-state index in [1.54, 1.807) is 0 Å². The van der Waals surface area contributed by atoms with E-state index >= 15 is 0 Å². The summed E-state index contributed by atoms with van der Waals surface area (Å²) < 4.78 is 16.9. The zero-order valence-electron chi connectivity index (χ0n) is 50.3. The van der Waals surface area contributed by atoms with Crippen LogP contribution in [0.3, 0.4) is 0 Å². The Kier molecular flexibility index (Phi) is 61.2. The van der Waals surface area contributed by atoms with Gasteiger partial charge < -0.3 is 14.2 Å². The molecule has 0 aromatic carbocycles. The molecule has 0 rings (SSSR count). The van der Waals surface area contributed by atoms with Gasteiger partial charge in [-0.25, -0.2) is 0 Å². The van der Waals surface area contributed by atoms with Gasteiger partial charge >= 0.3 is 17.9 Å². The number of carbonyl (C=O) groups is 3. The van der Waals surface area contributed by atoms with Crippen LogP contribution in [-0.2, 0) is 28.6 Å². The summed E-state index contributed by atoms with van der Waals surface area (Å²) in [6.07, 6.45) is 84.5. The Balaban J connectivity index is 4.27. The molecule has 6 nitrogen and oxygen atoms in total. The van der Waals surface area contributed by atoms with Gasteiger partial charge in [-0.2, -0.15) is 0 Å². The molecule has 0 aliphatic carbocycles. The largest absolute Gasteiger partial charge is 0.462 e. The minimum absolute atomic E-state index is 0.0771. The van der Waals surface area contributed by atoms with Gasteiger partial charge in [0.2, 0.25) is 0 Å². The summed E-state index contributed by atoms with van der Waals surface area (Å²) >= 11 is 0. The molecule has 76 heavy (non-hydrogen) atoms. The third kappa shape index (κ3) is 61.4. The van der Waals surface area contributed by atoms with Crippen molar-refractivity contribution < 1.29 is 28.6 Å². The van der Waals surface area contributed by atoms with Crippen LogP contribution in [0.1, 0.15) is 323 Å². The molecular weight excluding hydrogens is 937 g/mol. The normalized spacial score (nSPS) is 12.6. The van der Waals surface area contributed by atoms with E-state index in [2.05, 4.69) is 106 Å². The number of hydrogen-bond donors (Lipinski definition) is 0. The third-order valence-corrected chi connectivity index (χ3v) is 14.1. The van der Waals surface area contributed by atoms with Crippen LogP contribution < -0.4 is 0 Å². The van der Waals surface area contributed by atoms with E-state index < -0.39 is 6.10 Å². The van der Waals surface area contributed by atoms with E-state index in [4.69, 9.17) is 14.2 Å². The molecule has 0 saturated heterocycles. The Hall–Kier alpha value is -3.41. The Morgan fingerprint density at radius 2 is 0.513 bits per heavy atom. The van der Waals surface area contributed by atoms with Crippen molar-refractivity contribution >= 4 is 17.9 Å². The highest BCUT2D eigenvalue weighted by molar-refractivity contribution is 5.71. The predicted octanol–water partition coefficient (Wildman–Crippen LogP) is 22.3. The lowest BCUT2D eigenvalue weighted by molar-refractivity contribution is -0.167. The molecule has 0 aliphatic rings. The zero-order chi connectivity index (χ0) is 55.0. The highest BCUT2D eigenvalue weighted by Crippen LogP contribution is 2.16. The fourth-order valence-corrected chi connectivity index (χ4v) is 9.27. The summed E-state index contributed by atoms with van der Waals surface area (Å²) in [5.41, 5.74) is 0. The monoisotopic (exact) mass is 1060 g/mol. The Labute approximate surface area is 471 Å². The summed E-state index contributed by atoms with van der Waals surface area (Å²) in [6.45, 7) is 6.55. The summed E-state index contributed by atoms with van der Waals surface area (Å²) in [5.74, 6) is -0.876. The van der Waals surface area contributed by atoms with Crippen LogP contribution in [0.15, 0.2) is 85.1 Å². The molecule has 0 saturated carbocycles. The Bertz CT molecular complexity index is 1450. The maximum Gasteiger partial charge on any atom is 0.306 e. The molecule has 0 spiro atoms. The van der Waals surface area contributed by atoms with Crippen molar-refractivity contribution in [2.75, 3.05) is 13.2 Å². The highest BCUT2D eigenvalue weighted by Gasteiger charge is 2.19. The highest BCUT2D eigenvalue weighted by atomic mass is 16.6. The second-order valence-corrected chi connectivity index (χ2v) is 21.6. The van der Waals surface area contributed by atoms with Gasteiger partial charge in [-0.05, 0) is 96.3 Å². The van der Waals surface area contributed by atoms with Gasteiger partial charge in [-0.3, -0.25) is 14.4 Å². The number of esters is 3. The van der Waals surface area contributed by atoms with Crippen molar-refractivity contribution in [3.8, 4) is 0 Å². The smallest absolute Gasteiger partial charge is 0.306 e. The van der Waals surface area contributed by atoms with Crippen LogP contribution in [0.4, 0.5) is 0 Å². The summed E-state index contributed by atoms with van der Waals surface area (Å²) in [4.78, 5) is 38.3. The van der Waals surface area contributed by atoms with Gasteiger partial charge in [0, 0.05) is 19.3 Å². The summed E-state index contributed by atoms with van der Waals surface area (Å²) in [7, 11) is 0. The number of ether oxygens (including phenoxy) is 3. The fourth-order valence-electron chi connectivity index (χ4n) is 9.27. The van der Waals surface area contributed by atoms with Crippen LogP contribution in [0.2, 0.25) is 0 Å². The maximum absolute atomic E-state index is 12.9. The first-order valence-corrected chi connectivity index (χ1v) is 32.6. The molecule has 1 unspecified atom stereocenters. The van der Waals surface area contributed by atoms with E-state index in [9.17, 15) is 14.4 Å². The number of allylic oxidation sites excluding steroid dienone is 14. The maximum atomic E-state index is 12.9. The van der Waals surface area contributed by atoms with E-state index in [1.165, 1.54) is 173 Å². The first-order chi connectivity index (χ1) is 37.5. The number of unbranched alkanes of at least 4 members (excludes halogenated alkanes) is 34. The minimum Gasteiger partial charge on any atom is -0.462 e. The van der Waals surface area contributed by atoms with Crippen molar-refractivity contribution in [2.24, 2.45) is 0 Å². The second-order valence-electron chi connectivity index (χ2n) is 21.6. The number of carbonyl (C=O) groups excluding carboxylic acids is 3. The van der Waals surface area contributed by atoms with Gasteiger partial charge in [0.15, 0.2) is 6.10 Å². The summed E-state index contributed by atoms with van der Waals surface area (Å²) in [6, 6.07) is 0. The lowest BCUT2D eigenvalue weighted by atomic mass is 10.0. The minimum atomic E-state index is -0.781. The first-order valence-electron chi connectivity index (χ1n) is 32.6. The number of rotatable bonds is 59. The van der Waals surface area contributed by atoms with Crippen LogP contribution in [0.5, 0.6) is 0 Å². The molecule has 0 aliphatic heterocycles. The van der Waals surface area contributed by atoms with Gasteiger partial charge in [0.05, 0.1) is 0 Å². The van der Waals surface area contributed by atoms with Crippen molar-refractivity contribution in [3.05, 3.63) is 85.1 Å². The topological polar surface area (TPSA) is 78.9 Å². The average molecular weight is 1060 g/mol. The van der Waals surface area contributed by atoms with E-state index in [0.29, 0.717) is 19.3 Å². The molecule has 0 aromatic heterocycles. The van der Waals surface area contributed by atoms with Gasteiger partial charge in [-0.15, -0.1) is 0 Å². The molecule has 438 valence electrons. The van der Waals surface area contributed by atoms with Crippen LogP contribution in [0.25, 0.3) is 0 Å². The molecule has 6 heteroatoms. The second kappa shape index (κ2) is 64.1. The average Bonchev–Trinajstić information content (AvgIpc) is 3.42. The van der Waals surface area contributed by atoms with Crippen molar-refractivity contribution in [1.29, 1.82) is 0 Å². The number of hydrogen-bond acceptors (Lipinski definition) is 6. The quantitative estimate of drug-likeness (QED) is 0.0261. The van der Waals surface area contributed by atoms with Crippen LogP contribution in [-0.4, -0.2) is 37.2 Å². The van der Waals surface area contributed by atoms with Crippen LogP contribution >= 0.6 is 0 Å². The molecule has 0 amide bonds. The Morgan fingerprint density at radius 1 is 0.276 bits per heavy atom. The van der Waals surface area contributed by atoms with Gasteiger partial charge in [0.25, 0.3) is 0 Å². The molecule has 0 aromatic rings. The van der Waals surface area contributed by atoms with Crippen molar-refractivity contribution in [1.82, 2.24) is 0 Å².